The van der Waals surface area contributed by atoms with E-state index in [1.54, 1.807) is 12.1 Å². The molecule has 3 heteroatoms. The van der Waals surface area contributed by atoms with Gasteiger partial charge in [0.05, 0.1) is 0 Å². The van der Waals surface area contributed by atoms with E-state index in [-0.39, 0.29) is 11.5 Å². The number of hydrogen-bond donors (Lipinski definition) is 0. The van der Waals surface area contributed by atoms with Crippen molar-refractivity contribution in [3.63, 3.8) is 0 Å². The minimum atomic E-state index is -0.458. The lowest BCUT2D eigenvalue weighted by Crippen LogP contribution is -2.11. The van der Waals surface area contributed by atoms with E-state index in [2.05, 4.69) is 4.98 Å². The molecule has 0 N–H and O–H groups in total. The topological polar surface area (TPSA) is 12.9 Å². The molecule has 56 valence electrons. The summed E-state index contributed by atoms with van der Waals surface area (Å²) in [5, 5.41) is 0. The van der Waals surface area contributed by atoms with Crippen molar-refractivity contribution in [3.8, 4) is 0 Å². The molecule has 0 aliphatic heterocycles. The molecule has 0 aliphatic rings. The summed E-state index contributed by atoms with van der Waals surface area (Å²) in [7, 11) is 5.28. The maximum Gasteiger partial charge on any atom is 0.215 e. The first kappa shape index (κ1) is 8.24. The Hall–Kier alpha value is -0.855. The van der Waals surface area contributed by atoms with Crippen molar-refractivity contribution in [3.05, 3.63) is 23.6 Å². The average Bonchev–Trinajstić information content (AvgIpc) is 1.85. The Kier molecular flexibility index (Phi) is 2.27. The van der Waals surface area contributed by atoms with E-state index in [9.17, 15) is 4.39 Å². The molecule has 0 aromatic carbocycles. The molecular weight excluding hydrogens is 140 g/mol. The van der Waals surface area contributed by atoms with Crippen molar-refractivity contribution in [1.29, 1.82) is 0 Å². The fourth-order valence-electron chi connectivity index (χ4n) is 0.890. The third kappa shape index (κ3) is 1.79. The molecule has 11 heavy (non-hydrogen) atoms. The van der Waals surface area contributed by atoms with Crippen molar-refractivity contribution in [1.82, 2.24) is 4.98 Å². The first-order chi connectivity index (χ1) is 5.11. The highest BCUT2D eigenvalue weighted by molar-refractivity contribution is 6.30. The quantitative estimate of drug-likeness (QED) is 0.430. The van der Waals surface area contributed by atoms with E-state index in [4.69, 9.17) is 7.85 Å². The summed E-state index contributed by atoms with van der Waals surface area (Å²) in [6.45, 7) is 3.83. The lowest BCUT2D eigenvalue weighted by atomic mass is 10.00. The van der Waals surface area contributed by atoms with E-state index < -0.39 is 5.95 Å². The highest BCUT2D eigenvalue weighted by Crippen LogP contribution is 2.14. The largest absolute Gasteiger partial charge is 0.236 e. The zero-order valence-corrected chi connectivity index (χ0v) is 6.63. The first-order valence-corrected chi connectivity index (χ1v) is 3.53. The van der Waals surface area contributed by atoms with Crippen molar-refractivity contribution < 1.29 is 4.39 Å². The Morgan fingerprint density at radius 2 is 2.09 bits per heavy atom. The highest BCUT2D eigenvalue weighted by atomic mass is 19.1. The number of hydrogen-bond acceptors (Lipinski definition) is 1. The normalized spacial score (nSPS) is 10.5. The van der Waals surface area contributed by atoms with Crippen molar-refractivity contribution >= 4 is 13.4 Å². The third-order valence-corrected chi connectivity index (χ3v) is 1.52. The van der Waals surface area contributed by atoms with Crippen LogP contribution in [-0.2, 0) is 0 Å². The fourth-order valence-corrected chi connectivity index (χ4v) is 0.890. The molecule has 0 amide bonds. The number of nitrogens with zero attached hydrogens (tertiary/aromatic N) is 1. The maximum atomic E-state index is 12.9. The molecule has 0 atom stereocenters. The molecule has 0 saturated heterocycles. The Balaban J connectivity index is 3.09. The molecule has 0 bridgehead atoms. The van der Waals surface area contributed by atoms with Gasteiger partial charge in [-0.15, -0.1) is 0 Å². The predicted octanol–water partition coefficient (Wildman–Crippen LogP) is 1.14. The Bertz CT molecular complexity index is 260. The van der Waals surface area contributed by atoms with Crippen LogP contribution in [0.25, 0.3) is 0 Å². The van der Waals surface area contributed by atoms with E-state index in [0.29, 0.717) is 5.56 Å². The number of halogens is 1. The minimum Gasteiger partial charge on any atom is -0.236 e. The molecule has 0 saturated carbocycles. The second kappa shape index (κ2) is 3.03. The molecule has 0 aliphatic carbocycles. The van der Waals surface area contributed by atoms with Crippen LogP contribution in [0.15, 0.2) is 12.1 Å². The van der Waals surface area contributed by atoms with Crippen LogP contribution in [0.2, 0.25) is 0 Å². The van der Waals surface area contributed by atoms with Crippen LogP contribution in [0.4, 0.5) is 4.39 Å². The van der Waals surface area contributed by atoms with Gasteiger partial charge in [-0.25, -0.2) is 4.98 Å². The van der Waals surface area contributed by atoms with E-state index in [0.717, 1.165) is 0 Å². The maximum absolute atomic E-state index is 12.9. The van der Waals surface area contributed by atoms with Gasteiger partial charge in [0.2, 0.25) is 5.95 Å². The van der Waals surface area contributed by atoms with Gasteiger partial charge >= 0.3 is 0 Å². The van der Waals surface area contributed by atoms with Crippen molar-refractivity contribution in [2.45, 2.75) is 19.8 Å². The van der Waals surface area contributed by atoms with Gasteiger partial charge in [0, 0.05) is 5.56 Å². The van der Waals surface area contributed by atoms with Crippen LogP contribution in [0.1, 0.15) is 25.3 Å². The van der Waals surface area contributed by atoms with Crippen LogP contribution >= 0.6 is 0 Å². The zero-order chi connectivity index (χ0) is 8.43. The van der Waals surface area contributed by atoms with Gasteiger partial charge in [-0.2, -0.15) is 4.39 Å². The summed E-state index contributed by atoms with van der Waals surface area (Å²) in [6, 6.07) is 3.28. The number of rotatable bonds is 1. The Morgan fingerprint density at radius 1 is 1.45 bits per heavy atom. The summed E-state index contributed by atoms with van der Waals surface area (Å²) in [5.41, 5.74) is 0.839. The van der Waals surface area contributed by atoms with Gasteiger partial charge in [0.15, 0.2) is 0 Å². The minimum absolute atomic E-state index is 0.156. The SMILES string of the molecule is [B]c1ccc(C(C)C)c(F)n1. The number of aromatic nitrogens is 1. The molecule has 1 rings (SSSR count). The van der Waals surface area contributed by atoms with E-state index >= 15 is 0 Å². The molecular formula is C8H9BFN. The molecule has 1 heterocycles. The average molecular weight is 149 g/mol. The molecule has 0 fully saturated rings. The van der Waals surface area contributed by atoms with Gasteiger partial charge in [-0.3, -0.25) is 0 Å². The van der Waals surface area contributed by atoms with Crippen molar-refractivity contribution in [2.75, 3.05) is 0 Å². The molecule has 0 unspecified atom stereocenters. The summed E-state index contributed by atoms with van der Waals surface area (Å²) in [5.74, 6) is -0.303. The van der Waals surface area contributed by atoms with Gasteiger partial charge < -0.3 is 0 Å². The molecule has 0 spiro atoms. The van der Waals surface area contributed by atoms with E-state index in [1.807, 2.05) is 13.8 Å². The Labute approximate surface area is 67.1 Å². The smallest absolute Gasteiger partial charge is 0.215 e. The summed E-state index contributed by atoms with van der Waals surface area (Å²) in [4.78, 5) is 3.51. The van der Waals surface area contributed by atoms with Crippen LogP contribution in [0, 0.1) is 5.95 Å². The van der Waals surface area contributed by atoms with Crippen LogP contribution in [0.5, 0.6) is 0 Å². The van der Waals surface area contributed by atoms with E-state index in [1.165, 1.54) is 0 Å². The van der Waals surface area contributed by atoms with Crippen molar-refractivity contribution in [2.24, 2.45) is 0 Å². The Morgan fingerprint density at radius 3 is 2.55 bits per heavy atom. The lowest BCUT2D eigenvalue weighted by molar-refractivity contribution is 0.560. The second-order valence-corrected chi connectivity index (χ2v) is 2.77. The van der Waals surface area contributed by atoms with Gasteiger partial charge in [0.25, 0.3) is 0 Å². The van der Waals surface area contributed by atoms with Gasteiger partial charge in [-0.05, 0) is 11.5 Å². The van der Waals surface area contributed by atoms with Gasteiger partial charge in [-0.1, -0.05) is 26.0 Å². The highest BCUT2D eigenvalue weighted by Gasteiger charge is 2.06. The summed E-state index contributed by atoms with van der Waals surface area (Å²) >= 11 is 0. The first-order valence-electron chi connectivity index (χ1n) is 3.53. The van der Waals surface area contributed by atoms with Crippen LogP contribution in [-0.4, -0.2) is 12.8 Å². The fraction of sp³-hybridized carbons (Fsp3) is 0.375. The van der Waals surface area contributed by atoms with Crippen LogP contribution in [0.3, 0.4) is 0 Å². The molecule has 1 aromatic heterocycles. The summed E-state index contributed by atoms with van der Waals surface area (Å²) < 4.78 is 12.9. The third-order valence-electron chi connectivity index (χ3n) is 1.52. The second-order valence-electron chi connectivity index (χ2n) is 2.77. The number of pyridine rings is 1. The molecule has 2 radical (unpaired) electrons. The molecule has 1 nitrogen and oxygen atoms in total. The predicted molar refractivity (Wildman–Crippen MR) is 43.7 cm³/mol. The van der Waals surface area contributed by atoms with Gasteiger partial charge in [0.1, 0.15) is 7.85 Å². The monoisotopic (exact) mass is 149 g/mol. The summed E-state index contributed by atoms with van der Waals surface area (Å²) in [6.07, 6.45) is 0. The molecule has 1 aromatic rings. The zero-order valence-electron chi connectivity index (χ0n) is 6.63. The standard InChI is InChI=1S/C8H9BFN/c1-5(2)6-3-4-7(9)11-8(6)10/h3-5H,1-2H3. The van der Waals surface area contributed by atoms with Crippen LogP contribution < -0.4 is 5.59 Å². The lowest BCUT2D eigenvalue weighted by Gasteiger charge is -2.05.